The number of aromatic amines is 1. The highest BCUT2D eigenvalue weighted by Gasteiger charge is 2.38. The van der Waals surface area contributed by atoms with Gasteiger partial charge in [0.1, 0.15) is 5.39 Å². The highest BCUT2D eigenvalue weighted by Crippen LogP contribution is 2.59. The number of aliphatic hydroxyl groups is 1. The van der Waals surface area contributed by atoms with Gasteiger partial charge in [-0.15, -0.1) is 10.8 Å². The molecule has 2 atom stereocenters. The summed E-state index contributed by atoms with van der Waals surface area (Å²) in [5.74, 6) is 0.241. The molecule has 3 aromatic rings. The molecule has 10 nitrogen and oxygen atoms in total. The van der Waals surface area contributed by atoms with Crippen LogP contribution in [0.15, 0.2) is 40.2 Å². The summed E-state index contributed by atoms with van der Waals surface area (Å²) < 4.78 is 25.2. The van der Waals surface area contributed by atoms with Crippen LogP contribution in [0, 0.1) is 22.7 Å². The number of aliphatic hydroxyl groups excluding tert-OH is 1. The fourth-order valence-electron chi connectivity index (χ4n) is 5.27. The Labute approximate surface area is 211 Å². The minimum absolute atomic E-state index is 0.0693. The van der Waals surface area contributed by atoms with Crippen molar-refractivity contribution in [2.45, 2.75) is 57.0 Å². The molecule has 0 spiro atoms. The Kier molecular flexibility index (Phi) is 6.34. The van der Waals surface area contributed by atoms with E-state index >= 15 is 0 Å². The van der Waals surface area contributed by atoms with E-state index in [2.05, 4.69) is 16.4 Å². The predicted octanol–water partition coefficient (Wildman–Crippen LogP) is 4.58. The normalized spacial score (nSPS) is 22.8. The lowest BCUT2D eigenvalue weighted by Gasteiger charge is -2.40. The van der Waals surface area contributed by atoms with Gasteiger partial charge >= 0.3 is 0 Å². The zero-order valence-corrected chi connectivity index (χ0v) is 21.3. The van der Waals surface area contributed by atoms with Crippen LogP contribution in [0.5, 0.6) is 0 Å². The largest absolute Gasteiger partial charge is 0.396 e. The number of rotatable bonds is 6. The first-order valence-electron chi connectivity index (χ1n) is 12.2. The first-order chi connectivity index (χ1) is 17.1. The maximum Gasteiger partial charge on any atom is 0.261 e. The van der Waals surface area contributed by atoms with E-state index in [1.165, 1.54) is 0 Å². The molecule has 0 bridgehead atoms. The fourth-order valence-corrected chi connectivity index (χ4v) is 7.12. The van der Waals surface area contributed by atoms with E-state index in [4.69, 9.17) is 5.10 Å². The van der Waals surface area contributed by atoms with Crippen molar-refractivity contribution in [2.24, 2.45) is 11.3 Å². The second kappa shape index (κ2) is 9.21. The van der Waals surface area contributed by atoms with Gasteiger partial charge in [0.15, 0.2) is 5.82 Å². The monoisotopic (exact) mass is 512 g/mol. The van der Waals surface area contributed by atoms with Gasteiger partial charge in [-0.25, -0.2) is 0 Å². The Morgan fingerprint density at radius 3 is 2.81 bits per heavy atom. The summed E-state index contributed by atoms with van der Waals surface area (Å²) in [6.45, 7) is 4.34. The molecule has 1 aliphatic carbocycles. The van der Waals surface area contributed by atoms with Crippen molar-refractivity contribution in [3.05, 3.63) is 46.4 Å². The van der Waals surface area contributed by atoms with Crippen LogP contribution in [-0.4, -0.2) is 46.4 Å². The molecule has 36 heavy (non-hydrogen) atoms. The third-order valence-electron chi connectivity index (χ3n) is 7.20. The second-order valence-electron chi connectivity index (χ2n) is 10.5. The van der Waals surface area contributed by atoms with Gasteiger partial charge in [-0.3, -0.25) is 18.6 Å². The van der Waals surface area contributed by atoms with Gasteiger partial charge in [-0.1, -0.05) is 26.7 Å². The van der Waals surface area contributed by atoms with Crippen molar-refractivity contribution in [2.75, 3.05) is 18.5 Å². The third-order valence-corrected chi connectivity index (χ3v) is 9.16. The summed E-state index contributed by atoms with van der Waals surface area (Å²) >= 11 is 0. The third kappa shape index (κ3) is 4.29. The Hall–Kier alpha value is -2.88. The first-order valence-corrected chi connectivity index (χ1v) is 13.7. The quantitative estimate of drug-likeness (QED) is 0.322. The zero-order chi connectivity index (χ0) is 25.7. The Bertz CT molecular complexity index is 1390. The molecular formula is C25H32N6O4S. The maximum atomic E-state index is 12.8. The summed E-state index contributed by atoms with van der Waals surface area (Å²) in [4.78, 5) is 16.0. The Balaban J connectivity index is 1.49. The number of H-pyrrole nitrogens is 1. The van der Waals surface area contributed by atoms with Gasteiger partial charge in [-0.05, 0) is 42.7 Å². The molecule has 2 aliphatic rings. The summed E-state index contributed by atoms with van der Waals surface area (Å²) in [6.07, 6.45) is 5.27. The van der Waals surface area contributed by atoms with Crippen molar-refractivity contribution < 1.29 is 14.2 Å². The number of hydrogen-bond donors (Lipinski definition) is 5. The smallest absolute Gasteiger partial charge is 0.261 e. The van der Waals surface area contributed by atoms with Crippen LogP contribution in [0.3, 0.4) is 0 Å². The van der Waals surface area contributed by atoms with Gasteiger partial charge in [0.05, 0.1) is 28.4 Å². The molecule has 1 aromatic carbocycles. The van der Waals surface area contributed by atoms with Crippen molar-refractivity contribution in [1.82, 2.24) is 19.1 Å². The molecule has 11 heteroatoms. The lowest BCUT2D eigenvalue weighted by Crippen LogP contribution is -2.35. The van der Waals surface area contributed by atoms with Crippen LogP contribution in [0.25, 0.3) is 10.9 Å². The minimum atomic E-state index is -3.15. The van der Waals surface area contributed by atoms with E-state index in [9.17, 15) is 24.3 Å². The number of nitrogens with zero attached hydrogens (tertiary/aromatic N) is 4. The van der Waals surface area contributed by atoms with Crippen LogP contribution in [-0.2, 0) is 6.54 Å². The molecule has 1 saturated carbocycles. The molecule has 3 heterocycles. The number of hydrogen-bond acceptors (Lipinski definition) is 8. The molecule has 5 rings (SSSR count). The molecule has 0 saturated heterocycles. The number of nitriles is 1. The summed E-state index contributed by atoms with van der Waals surface area (Å²) in [7, 11) is -3.15. The summed E-state index contributed by atoms with van der Waals surface area (Å²) in [6, 6.07) is 9.41. The summed E-state index contributed by atoms with van der Waals surface area (Å²) in [5, 5.41) is 27.8. The Morgan fingerprint density at radius 2 is 2.06 bits per heavy atom. The molecule has 1 fully saturated rings. The van der Waals surface area contributed by atoms with E-state index in [1.54, 1.807) is 22.6 Å². The van der Waals surface area contributed by atoms with E-state index in [-0.39, 0.29) is 24.1 Å². The van der Waals surface area contributed by atoms with Gasteiger partial charge in [0.2, 0.25) is 0 Å². The summed E-state index contributed by atoms with van der Waals surface area (Å²) in [5.41, 5.74) is 1.37. The van der Waals surface area contributed by atoms with Crippen molar-refractivity contribution in [3.63, 3.8) is 0 Å². The maximum absolute atomic E-state index is 12.8. The van der Waals surface area contributed by atoms with Crippen LogP contribution in [0.2, 0.25) is 0 Å². The molecule has 1 aliphatic heterocycles. The fraction of sp³-hybridized carbons (Fsp3) is 0.480. The Morgan fingerprint density at radius 1 is 1.28 bits per heavy atom. The number of anilines is 2. The van der Waals surface area contributed by atoms with Crippen molar-refractivity contribution in [1.29, 1.82) is 5.26 Å². The van der Waals surface area contributed by atoms with E-state index in [0.29, 0.717) is 40.4 Å². The SMILES string of the molecule is CC(C)(CO)CN1Cc2cc(Nc3nn(C4CCCCC4C#N)c4cc[nH]c(=O)c34)ccc2S1(O)O. The molecule has 5 N–H and O–H groups in total. The number of nitrogens with one attached hydrogen (secondary N) is 2. The van der Waals surface area contributed by atoms with Crippen LogP contribution >= 0.6 is 10.8 Å². The van der Waals surface area contributed by atoms with Gasteiger partial charge < -0.3 is 15.4 Å². The number of pyridine rings is 1. The van der Waals surface area contributed by atoms with Gasteiger partial charge in [-0.2, -0.15) is 14.7 Å². The van der Waals surface area contributed by atoms with Crippen LogP contribution in [0.1, 0.15) is 51.1 Å². The van der Waals surface area contributed by atoms with Crippen LogP contribution in [0.4, 0.5) is 11.5 Å². The molecular weight excluding hydrogens is 480 g/mol. The average molecular weight is 513 g/mol. The number of aromatic nitrogens is 3. The standard InChI is InChI=1S/C25H32N6O4S/c1-25(2,15-32)14-30-13-17-11-18(7-8-21(17)36(30,34)35)28-23-22-20(9-10-27-24(22)33)31(29-23)19-6-4-3-5-16(19)12-26/h7-11,16,19,32,34-35H,3-6,13-15H2,1-2H3,(H,27,33)(H,28,29). The minimum Gasteiger partial charge on any atom is -0.396 e. The highest BCUT2D eigenvalue weighted by molar-refractivity contribution is 8.22. The molecule has 192 valence electrons. The molecule has 0 radical (unpaired) electrons. The van der Waals surface area contributed by atoms with E-state index in [1.807, 2.05) is 30.7 Å². The average Bonchev–Trinajstić information content (AvgIpc) is 3.33. The van der Waals surface area contributed by atoms with Crippen LogP contribution < -0.4 is 10.9 Å². The number of fused-ring (bicyclic) bond motifs is 2. The molecule has 0 amide bonds. The van der Waals surface area contributed by atoms with Gasteiger partial charge in [0, 0.05) is 37.0 Å². The van der Waals surface area contributed by atoms with E-state index in [0.717, 1.165) is 31.2 Å². The number of benzene rings is 1. The lowest BCUT2D eigenvalue weighted by molar-refractivity contribution is 0.130. The zero-order valence-electron chi connectivity index (χ0n) is 20.4. The van der Waals surface area contributed by atoms with Crippen molar-refractivity contribution >= 4 is 33.2 Å². The van der Waals surface area contributed by atoms with Crippen molar-refractivity contribution in [3.8, 4) is 6.07 Å². The first kappa shape index (κ1) is 24.8. The lowest BCUT2D eigenvalue weighted by atomic mass is 9.85. The van der Waals surface area contributed by atoms with E-state index < -0.39 is 16.2 Å². The highest BCUT2D eigenvalue weighted by atomic mass is 32.3. The molecule has 2 unspecified atom stereocenters. The topological polar surface area (TPSA) is 150 Å². The second-order valence-corrected chi connectivity index (χ2v) is 12.5. The predicted molar refractivity (Wildman–Crippen MR) is 139 cm³/mol. The van der Waals surface area contributed by atoms with Gasteiger partial charge in [0.25, 0.3) is 5.56 Å². The molecule has 2 aromatic heterocycles.